The van der Waals surface area contributed by atoms with Gasteiger partial charge in [0.2, 0.25) is 11.9 Å². The number of anilines is 3. The molecule has 5 heterocycles. The van der Waals surface area contributed by atoms with Gasteiger partial charge in [0.25, 0.3) is 0 Å². The lowest BCUT2D eigenvalue weighted by Crippen LogP contribution is -2.17. The Morgan fingerprint density at radius 2 is 1.37 bits per heavy atom. The molecule has 2 aliphatic rings. The molecule has 0 atom stereocenters. The zero-order valence-electron chi connectivity index (χ0n) is 21.9. The van der Waals surface area contributed by atoms with E-state index in [1.807, 2.05) is 6.07 Å². The highest BCUT2D eigenvalue weighted by Gasteiger charge is 2.24. The normalized spacial score (nSPS) is 15.9. The largest absolute Gasteiger partial charge is 0.368 e. The van der Waals surface area contributed by atoms with Crippen LogP contribution >= 0.6 is 34.8 Å². The summed E-state index contributed by atoms with van der Waals surface area (Å²) in [6, 6.07) is 4.25. The SMILES string of the molecule is Nc1ncc(-c2cc(Cl)nnc2Cl)c(NC2CCCC2)n1.Nc1ncc2c3cc(Cl)nnc3n(C3CCCC3)c2n1. The zero-order chi connectivity index (χ0) is 28.5. The number of nitrogen functional groups attached to an aromatic ring is 2. The lowest BCUT2D eigenvalue weighted by Gasteiger charge is -2.16. The number of aromatic nitrogens is 9. The first kappa shape index (κ1) is 27.6. The molecule has 5 N–H and O–H groups in total. The molecule has 0 saturated heterocycles. The van der Waals surface area contributed by atoms with Crippen molar-refractivity contribution in [3.8, 4) is 11.1 Å². The third kappa shape index (κ3) is 5.77. The van der Waals surface area contributed by atoms with Crippen LogP contribution in [0.1, 0.15) is 57.4 Å². The Labute approximate surface area is 250 Å². The molecule has 15 heteroatoms. The molecule has 0 bridgehead atoms. The molecule has 7 rings (SSSR count). The fourth-order valence-corrected chi connectivity index (χ4v) is 6.10. The van der Waals surface area contributed by atoms with E-state index in [-0.39, 0.29) is 22.2 Å². The molecule has 2 fully saturated rings. The second-order valence-electron chi connectivity index (χ2n) is 10.2. The van der Waals surface area contributed by atoms with Crippen molar-refractivity contribution in [3.63, 3.8) is 0 Å². The van der Waals surface area contributed by atoms with Crippen LogP contribution in [0.2, 0.25) is 15.5 Å². The van der Waals surface area contributed by atoms with E-state index in [0.717, 1.165) is 53.3 Å². The minimum absolute atomic E-state index is 0.212. The maximum absolute atomic E-state index is 6.11. The topological polar surface area (TPSA) is 172 Å². The standard InChI is InChI=1S/C13H14Cl2N6.C13H13ClN6/c14-10-5-8(11(15)21-20-10)9-6-17-13(16)19-12(9)18-7-3-1-2-4-7;14-10-5-8-9-6-16-13(15)17-11(9)20(12(8)19-18-10)7-3-1-2-4-7/h5-7H,1-4H2,(H3,16,17,18,19);5-7H,1-4H2,(H2,15,16,17). The first-order chi connectivity index (χ1) is 19.9. The second kappa shape index (κ2) is 11.7. The monoisotopic (exact) mass is 612 g/mol. The van der Waals surface area contributed by atoms with Crippen molar-refractivity contribution < 1.29 is 0 Å². The highest BCUT2D eigenvalue weighted by atomic mass is 35.5. The van der Waals surface area contributed by atoms with Gasteiger partial charge >= 0.3 is 0 Å². The van der Waals surface area contributed by atoms with E-state index < -0.39 is 0 Å². The van der Waals surface area contributed by atoms with Gasteiger partial charge in [0.05, 0.1) is 0 Å². The van der Waals surface area contributed by atoms with Crippen LogP contribution in [0, 0.1) is 0 Å². The van der Waals surface area contributed by atoms with Crippen molar-refractivity contribution in [2.24, 2.45) is 0 Å². The smallest absolute Gasteiger partial charge is 0.221 e. The van der Waals surface area contributed by atoms with Crippen molar-refractivity contribution >= 4 is 74.6 Å². The lowest BCUT2D eigenvalue weighted by atomic mass is 10.1. The fourth-order valence-electron chi connectivity index (χ4n) is 5.61. The predicted molar refractivity (Wildman–Crippen MR) is 161 cm³/mol. The van der Waals surface area contributed by atoms with Crippen molar-refractivity contribution in [2.45, 2.75) is 63.5 Å². The molecular formula is C26H27Cl3N12. The van der Waals surface area contributed by atoms with Crippen molar-refractivity contribution in [3.05, 3.63) is 40.0 Å². The molecule has 0 amide bonds. The first-order valence-electron chi connectivity index (χ1n) is 13.4. The van der Waals surface area contributed by atoms with Crippen LogP contribution < -0.4 is 16.8 Å². The van der Waals surface area contributed by atoms with E-state index >= 15 is 0 Å². The average molecular weight is 614 g/mol. The molecule has 0 unspecified atom stereocenters. The minimum atomic E-state index is 0.212. The van der Waals surface area contributed by atoms with E-state index in [9.17, 15) is 0 Å². The molecule has 0 aromatic carbocycles. The lowest BCUT2D eigenvalue weighted by molar-refractivity contribution is 0.542. The van der Waals surface area contributed by atoms with Crippen LogP contribution in [0.15, 0.2) is 24.5 Å². The van der Waals surface area contributed by atoms with Gasteiger partial charge in [0, 0.05) is 46.4 Å². The van der Waals surface area contributed by atoms with Crippen LogP contribution in [0.4, 0.5) is 17.7 Å². The zero-order valence-corrected chi connectivity index (χ0v) is 24.2. The summed E-state index contributed by atoms with van der Waals surface area (Å²) in [6.07, 6.45) is 12.8. The summed E-state index contributed by atoms with van der Waals surface area (Å²) in [4.78, 5) is 16.8. The first-order valence-corrected chi connectivity index (χ1v) is 14.5. The minimum Gasteiger partial charge on any atom is -0.368 e. The van der Waals surface area contributed by atoms with Crippen molar-refractivity contribution in [1.29, 1.82) is 0 Å². The average Bonchev–Trinajstić information content (AvgIpc) is 3.72. The number of halogens is 3. The van der Waals surface area contributed by atoms with Gasteiger partial charge in [-0.2, -0.15) is 9.97 Å². The van der Waals surface area contributed by atoms with Crippen LogP contribution in [0.5, 0.6) is 0 Å². The third-order valence-electron chi connectivity index (χ3n) is 7.48. The summed E-state index contributed by atoms with van der Waals surface area (Å²) < 4.78 is 2.15. The second-order valence-corrected chi connectivity index (χ2v) is 11.3. The third-order valence-corrected chi connectivity index (χ3v) is 8.13. The van der Waals surface area contributed by atoms with Crippen LogP contribution in [-0.4, -0.2) is 50.9 Å². The Balaban J connectivity index is 0.000000148. The summed E-state index contributed by atoms with van der Waals surface area (Å²) >= 11 is 18.0. The van der Waals surface area contributed by atoms with E-state index in [1.165, 1.54) is 25.7 Å². The number of hydrogen-bond acceptors (Lipinski definition) is 11. The number of nitrogens with one attached hydrogen (secondary N) is 1. The summed E-state index contributed by atoms with van der Waals surface area (Å²) in [7, 11) is 0. The maximum atomic E-state index is 6.11. The van der Waals surface area contributed by atoms with Gasteiger partial charge in [-0.25, -0.2) is 9.97 Å². The summed E-state index contributed by atoms with van der Waals surface area (Å²) in [5, 5.41) is 21.9. The molecule has 0 aliphatic heterocycles. The van der Waals surface area contributed by atoms with Gasteiger partial charge < -0.3 is 21.4 Å². The number of hydrogen-bond donors (Lipinski definition) is 3. The molecule has 212 valence electrons. The molecule has 5 aromatic heterocycles. The van der Waals surface area contributed by atoms with Crippen LogP contribution in [0.3, 0.4) is 0 Å². The molecule has 41 heavy (non-hydrogen) atoms. The van der Waals surface area contributed by atoms with Gasteiger partial charge in [-0.3, -0.25) is 0 Å². The van der Waals surface area contributed by atoms with Gasteiger partial charge in [-0.15, -0.1) is 20.4 Å². The van der Waals surface area contributed by atoms with E-state index in [4.69, 9.17) is 46.3 Å². The molecule has 12 nitrogen and oxygen atoms in total. The Kier molecular flexibility index (Phi) is 7.87. The van der Waals surface area contributed by atoms with Gasteiger partial charge in [0.15, 0.2) is 21.1 Å². The summed E-state index contributed by atoms with van der Waals surface area (Å²) in [5.41, 5.74) is 14.4. The Morgan fingerprint density at radius 1 is 0.707 bits per heavy atom. The van der Waals surface area contributed by atoms with Crippen molar-refractivity contribution in [1.82, 2.24) is 44.9 Å². The Hall–Kier alpha value is -3.61. The molecule has 0 spiro atoms. The summed E-state index contributed by atoms with van der Waals surface area (Å²) in [6.45, 7) is 0. The Bertz CT molecular complexity index is 1710. The van der Waals surface area contributed by atoms with Gasteiger partial charge in [-0.1, -0.05) is 60.5 Å². The fraction of sp³-hybridized carbons (Fsp3) is 0.385. The Morgan fingerprint density at radius 3 is 2.15 bits per heavy atom. The molecule has 0 radical (unpaired) electrons. The summed E-state index contributed by atoms with van der Waals surface area (Å²) in [5.74, 6) is 1.14. The number of nitrogens with two attached hydrogens (primary N) is 2. The predicted octanol–water partition coefficient (Wildman–Crippen LogP) is 5.90. The quantitative estimate of drug-likeness (QED) is 0.220. The van der Waals surface area contributed by atoms with Crippen LogP contribution in [-0.2, 0) is 0 Å². The number of rotatable bonds is 4. The van der Waals surface area contributed by atoms with Gasteiger partial charge in [0.1, 0.15) is 11.5 Å². The highest BCUT2D eigenvalue weighted by molar-refractivity contribution is 6.33. The highest BCUT2D eigenvalue weighted by Crippen LogP contribution is 2.37. The molecular weight excluding hydrogens is 587 g/mol. The molecule has 5 aromatic rings. The van der Waals surface area contributed by atoms with Crippen LogP contribution in [0.25, 0.3) is 33.2 Å². The molecule has 2 aliphatic carbocycles. The maximum Gasteiger partial charge on any atom is 0.221 e. The van der Waals surface area contributed by atoms with Crippen molar-refractivity contribution in [2.75, 3.05) is 16.8 Å². The van der Waals surface area contributed by atoms with E-state index in [2.05, 4.69) is 50.2 Å². The number of fused-ring (bicyclic) bond motifs is 3. The molecule has 2 saturated carbocycles. The van der Waals surface area contributed by atoms with Gasteiger partial charge in [-0.05, 0) is 37.8 Å². The van der Waals surface area contributed by atoms with E-state index in [0.29, 0.717) is 28.6 Å². The number of nitrogens with zero attached hydrogens (tertiary/aromatic N) is 9. The van der Waals surface area contributed by atoms with E-state index in [1.54, 1.807) is 18.5 Å².